The summed E-state index contributed by atoms with van der Waals surface area (Å²) in [5, 5.41) is 0. The summed E-state index contributed by atoms with van der Waals surface area (Å²) in [5.41, 5.74) is -1.03. The van der Waals surface area contributed by atoms with Crippen LogP contribution in [0.1, 0.15) is 27.2 Å². The van der Waals surface area contributed by atoms with Crippen molar-refractivity contribution in [2.24, 2.45) is 0 Å². The van der Waals surface area contributed by atoms with Crippen molar-refractivity contribution < 1.29 is 45.5 Å². The van der Waals surface area contributed by atoms with Gasteiger partial charge < -0.3 is 14.5 Å². The number of hydrogen-bond acceptors (Lipinski definition) is 4. The number of esters is 1. The lowest BCUT2D eigenvalue weighted by molar-refractivity contribution is -0.191. The van der Waals surface area contributed by atoms with E-state index in [-0.39, 0.29) is 11.3 Å². The highest BCUT2D eigenvalue weighted by atomic mass is 19.4. The van der Waals surface area contributed by atoms with Gasteiger partial charge in [0, 0.05) is 13.1 Å². The molecule has 1 aliphatic rings. The number of nitrogens with zero attached hydrogens (tertiary/aromatic N) is 2. The molecular formula is C14H18F6N2O4. The van der Waals surface area contributed by atoms with E-state index in [1.54, 1.807) is 0 Å². The number of carbonyl (C=O) groups is 3. The number of carbonyl (C=O) groups excluding carboxylic acids is 3. The van der Waals surface area contributed by atoms with Crippen LogP contribution in [0.25, 0.3) is 0 Å². The first-order chi connectivity index (χ1) is 11.5. The van der Waals surface area contributed by atoms with Crippen molar-refractivity contribution in [3.63, 3.8) is 0 Å². The fourth-order valence-corrected chi connectivity index (χ4v) is 2.40. The maximum absolute atomic E-state index is 12.8. The van der Waals surface area contributed by atoms with E-state index in [2.05, 4.69) is 0 Å². The molecule has 0 unspecified atom stereocenters. The van der Waals surface area contributed by atoms with Gasteiger partial charge >= 0.3 is 30.1 Å². The zero-order valence-corrected chi connectivity index (χ0v) is 14.2. The number of ether oxygens (including phenoxy) is 1. The summed E-state index contributed by atoms with van der Waals surface area (Å²) >= 11 is 0. The van der Waals surface area contributed by atoms with E-state index in [0.29, 0.717) is 4.90 Å². The third-order valence-electron chi connectivity index (χ3n) is 3.36. The lowest BCUT2D eigenvalue weighted by atomic mass is 10.2. The van der Waals surface area contributed by atoms with Gasteiger partial charge in [0.15, 0.2) is 0 Å². The van der Waals surface area contributed by atoms with Crippen LogP contribution in [0.4, 0.5) is 26.3 Å². The number of amides is 2. The first-order valence-electron chi connectivity index (χ1n) is 7.48. The second-order valence-corrected chi connectivity index (χ2v) is 6.71. The van der Waals surface area contributed by atoms with Gasteiger partial charge in [0.1, 0.15) is 12.1 Å². The molecule has 6 nitrogen and oxygen atoms in total. The van der Waals surface area contributed by atoms with Gasteiger partial charge in [-0.05, 0) is 27.2 Å². The molecule has 1 rings (SSSR count). The summed E-state index contributed by atoms with van der Waals surface area (Å²) in [7, 11) is 0. The van der Waals surface area contributed by atoms with Crippen molar-refractivity contribution in [3.05, 3.63) is 0 Å². The molecule has 0 N–H and O–H groups in total. The van der Waals surface area contributed by atoms with Crippen LogP contribution in [-0.2, 0) is 19.1 Å². The van der Waals surface area contributed by atoms with Gasteiger partial charge in [-0.1, -0.05) is 0 Å². The predicted molar refractivity (Wildman–Crippen MR) is 74.7 cm³/mol. The fourth-order valence-electron chi connectivity index (χ4n) is 2.40. The number of hydrogen-bond donors (Lipinski definition) is 0. The number of likely N-dealkylation sites (tertiary alicyclic amines) is 1. The number of alkyl halides is 6. The van der Waals surface area contributed by atoms with Crippen molar-refractivity contribution in [1.29, 1.82) is 0 Å². The molecule has 0 aliphatic carbocycles. The minimum atomic E-state index is -5.33. The highest BCUT2D eigenvalue weighted by molar-refractivity contribution is 5.87. The van der Waals surface area contributed by atoms with Gasteiger partial charge in [0.25, 0.3) is 0 Å². The van der Waals surface area contributed by atoms with Gasteiger partial charge in [-0.25, -0.2) is 0 Å². The second kappa shape index (κ2) is 7.31. The molecule has 1 atom stereocenters. The molecule has 0 aromatic heterocycles. The van der Waals surface area contributed by atoms with Crippen LogP contribution in [0.5, 0.6) is 0 Å². The first kappa shape index (κ1) is 22.0. The molecule has 0 saturated carbocycles. The maximum Gasteiger partial charge on any atom is 0.471 e. The Morgan fingerprint density at radius 1 is 1.04 bits per heavy atom. The Morgan fingerprint density at radius 3 is 2.00 bits per heavy atom. The van der Waals surface area contributed by atoms with E-state index in [1.807, 2.05) is 0 Å². The second-order valence-electron chi connectivity index (χ2n) is 6.71. The first-order valence-corrected chi connectivity index (χ1v) is 7.48. The van der Waals surface area contributed by atoms with Gasteiger partial charge in [-0.3, -0.25) is 14.4 Å². The predicted octanol–water partition coefficient (Wildman–Crippen LogP) is 1.88. The van der Waals surface area contributed by atoms with E-state index in [0.717, 1.165) is 0 Å². The Balaban J connectivity index is 2.95. The lowest BCUT2D eigenvalue weighted by Gasteiger charge is -2.30. The van der Waals surface area contributed by atoms with E-state index < -0.39 is 61.4 Å². The van der Waals surface area contributed by atoms with E-state index in [1.165, 1.54) is 20.8 Å². The van der Waals surface area contributed by atoms with Crippen molar-refractivity contribution in [2.75, 3.05) is 19.6 Å². The molecule has 1 saturated heterocycles. The number of halogens is 6. The van der Waals surface area contributed by atoms with Gasteiger partial charge in [-0.15, -0.1) is 0 Å². The molecular weight excluding hydrogens is 374 g/mol. The van der Waals surface area contributed by atoms with Crippen LogP contribution in [-0.4, -0.2) is 71.2 Å². The minimum absolute atomic E-state index is 0.109. The molecule has 0 aromatic carbocycles. The maximum atomic E-state index is 12.8. The molecule has 1 heterocycles. The highest BCUT2D eigenvalue weighted by Crippen LogP contribution is 2.27. The van der Waals surface area contributed by atoms with Gasteiger partial charge in [0.05, 0.1) is 6.04 Å². The van der Waals surface area contributed by atoms with Crippen molar-refractivity contribution in [2.45, 2.75) is 51.2 Å². The summed E-state index contributed by atoms with van der Waals surface area (Å²) in [6.45, 7) is 2.04. The molecule has 150 valence electrons. The molecule has 0 spiro atoms. The Kier molecular flexibility index (Phi) is 6.20. The quantitative estimate of drug-likeness (QED) is 0.544. The number of rotatable bonds is 3. The third-order valence-corrected chi connectivity index (χ3v) is 3.36. The van der Waals surface area contributed by atoms with Gasteiger partial charge in [-0.2, -0.15) is 26.3 Å². The Labute approximate surface area is 145 Å². The third kappa shape index (κ3) is 6.06. The molecule has 12 heteroatoms. The molecule has 0 aromatic rings. The van der Waals surface area contributed by atoms with E-state index in [4.69, 9.17) is 4.74 Å². The van der Waals surface area contributed by atoms with Gasteiger partial charge in [0.2, 0.25) is 0 Å². The van der Waals surface area contributed by atoms with Crippen molar-refractivity contribution >= 4 is 17.8 Å². The lowest BCUT2D eigenvalue weighted by Crippen LogP contribution is -2.51. The van der Waals surface area contributed by atoms with Crippen LogP contribution in [0.3, 0.4) is 0 Å². The monoisotopic (exact) mass is 392 g/mol. The van der Waals surface area contributed by atoms with Crippen LogP contribution in [0, 0.1) is 0 Å². The zero-order chi connectivity index (χ0) is 20.5. The van der Waals surface area contributed by atoms with Crippen LogP contribution < -0.4 is 0 Å². The molecule has 1 aliphatic heterocycles. The Hall–Kier alpha value is -2.01. The Bertz CT molecular complexity index is 567. The minimum Gasteiger partial charge on any atom is -0.459 e. The zero-order valence-electron chi connectivity index (χ0n) is 14.2. The van der Waals surface area contributed by atoms with Crippen molar-refractivity contribution in [1.82, 2.24) is 9.80 Å². The Morgan fingerprint density at radius 2 is 1.58 bits per heavy atom. The van der Waals surface area contributed by atoms with Crippen LogP contribution >= 0.6 is 0 Å². The topological polar surface area (TPSA) is 66.9 Å². The summed E-state index contributed by atoms with van der Waals surface area (Å²) in [6, 6.07) is -1.39. The molecule has 1 fully saturated rings. The summed E-state index contributed by atoms with van der Waals surface area (Å²) < 4.78 is 80.5. The summed E-state index contributed by atoms with van der Waals surface area (Å²) in [5.74, 6) is -5.73. The SMILES string of the molecule is CC(C)(C)OC(=O)CN(C(=O)C(F)(F)F)[C@@H]1CCN(C(=O)C(F)(F)F)C1. The largest absolute Gasteiger partial charge is 0.471 e. The van der Waals surface area contributed by atoms with Crippen LogP contribution in [0.2, 0.25) is 0 Å². The molecule has 2 amide bonds. The summed E-state index contributed by atoms with van der Waals surface area (Å²) in [4.78, 5) is 35.0. The van der Waals surface area contributed by atoms with Crippen LogP contribution in [0.15, 0.2) is 0 Å². The molecule has 0 bridgehead atoms. The average molecular weight is 392 g/mol. The average Bonchev–Trinajstić information content (AvgIpc) is 2.88. The summed E-state index contributed by atoms with van der Waals surface area (Å²) in [6.07, 6.45) is -10.8. The van der Waals surface area contributed by atoms with Crippen molar-refractivity contribution in [3.8, 4) is 0 Å². The molecule has 26 heavy (non-hydrogen) atoms. The molecule has 0 radical (unpaired) electrons. The van der Waals surface area contributed by atoms with E-state index >= 15 is 0 Å². The van der Waals surface area contributed by atoms with E-state index in [9.17, 15) is 40.7 Å². The fraction of sp³-hybridized carbons (Fsp3) is 0.786. The standard InChI is InChI=1S/C14H18F6N2O4/c1-12(2,3)26-9(23)7-22(11(25)14(18,19)20)8-4-5-21(6-8)10(24)13(15,16)17/h8H,4-7H2,1-3H3/t8-/m1/s1. The smallest absolute Gasteiger partial charge is 0.459 e. The normalized spacial score (nSPS) is 18.7. The highest BCUT2D eigenvalue weighted by Gasteiger charge is 2.49.